The van der Waals surface area contributed by atoms with E-state index in [1.807, 2.05) is 24.3 Å². The lowest BCUT2D eigenvalue weighted by Crippen LogP contribution is -2.25. The van der Waals surface area contributed by atoms with Crippen molar-refractivity contribution in [2.45, 2.75) is 32.0 Å². The van der Waals surface area contributed by atoms with E-state index in [0.717, 1.165) is 42.1 Å². The lowest BCUT2D eigenvalue weighted by Gasteiger charge is -2.25. The Hall–Kier alpha value is -3.37. The molecule has 0 N–H and O–H groups in total. The van der Waals surface area contributed by atoms with Crippen LogP contribution in [0.5, 0.6) is 17.5 Å². The van der Waals surface area contributed by atoms with E-state index in [-0.39, 0.29) is 12.1 Å². The Morgan fingerprint density at radius 2 is 1.61 bits per heavy atom. The lowest BCUT2D eigenvalue weighted by atomic mass is 10.1. The highest BCUT2D eigenvalue weighted by molar-refractivity contribution is 9.10. The van der Waals surface area contributed by atoms with Gasteiger partial charge in [0.15, 0.2) is 11.5 Å². The van der Waals surface area contributed by atoms with Crippen LogP contribution in [0.2, 0.25) is 0 Å². The van der Waals surface area contributed by atoms with Crippen molar-refractivity contribution in [1.82, 2.24) is 19.6 Å². The van der Waals surface area contributed by atoms with Crippen molar-refractivity contribution in [2.75, 3.05) is 32.3 Å². The van der Waals surface area contributed by atoms with Crippen LogP contribution in [0.25, 0.3) is 5.65 Å². The molecule has 10 heteroatoms. The van der Waals surface area contributed by atoms with Gasteiger partial charge in [-0.25, -0.2) is 9.50 Å². The van der Waals surface area contributed by atoms with Gasteiger partial charge in [0.2, 0.25) is 0 Å². The first-order valence-electron chi connectivity index (χ1n) is 11.8. The van der Waals surface area contributed by atoms with Crippen molar-refractivity contribution in [3.05, 3.63) is 70.5 Å². The van der Waals surface area contributed by atoms with Crippen molar-refractivity contribution >= 4 is 27.4 Å². The Balaban J connectivity index is 1.50. The molecule has 0 spiro atoms. The van der Waals surface area contributed by atoms with Crippen molar-refractivity contribution in [3.8, 4) is 17.5 Å². The van der Waals surface area contributed by atoms with Crippen LogP contribution >= 0.6 is 15.9 Å². The highest BCUT2D eigenvalue weighted by Gasteiger charge is 2.21. The quantitative estimate of drug-likeness (QED) is 0.280. The number of halogens is 1. The molecular formula is C26H28BrN5O4. The molecule has 5 rings (SSSR count). The molecule has 1 unspecified atom stereocenters. The smallest absolute Gasteiger partial charge is 0.336 e. The highest BCUT2D eigenvalue weighted by Crippen LogP contribution is 2.27. The monoisotopic (exact) mass is 553 g/mol. The van der Waals surface area contributed by atoms with E-state index in [4.69, 9.17) is 23.9 Å². The van der Waals surface area contributed by atoms with E-state index in [2.05, 4.69) is 55.2 Å². The molecule has 0 radical (unpaired) electrons. The number of imidazole rings is 1. The molecule has 0 bridgehead atoms. The molecular weight excluding hydrogens is 526 g/mol. The minimum Gasteiger partial charge on any atom is -0.497 e. The normalized spacial score (nSPS) is 15.2. The molecule has 9 nitrogen and oxygen atoms in total. The van der Waals surface area contributed by atoms with Gasteiger partial charge in [-0.05, 0) is 64.2 Å². The minimum atomic E-state index is 0.0666. The van der Waals surface area contributed by atoms with Gasteiger partial charge in [0.1, 0.15) is 22.7 Å². The summed E-state index contributed by atoms with van der Waals surface area (Å²) in [7, 11) is 3.33. The number of fused-ring (bicyclic) bond motifs is 1. The largest absolute Gasteiger partial charge is 0.497 e. The molecule has 3 heterocycles. The average Bonchev–Trinajstić information content (AvgIpc) is 3.56. The Morgan fingerprint density at radius 3 is 2.17 bits per heavy atom. The van der Waals surface area contributed by atoms with E-state index < -0.39 is 0 Å². The summed E-state index contributed by atoms with van der Waals surface area (Å²) in [5, 5.41) is 4.54. The SMILES string of the molecule is COc1ccc(CN(Cc2ccc(OC)cc2)c2nc(OCC3CCCO3)nn3cc(Br)nc23)cc1. The zero-order chi connectivity index (χ0) is 24.9. The zero-order valence-corrected chi connectivity index (χ0v) is 21.8. The lowest BCUT2D eigenvalue weighted by molar-refractivity contribution is 0.0640. The van der Waals surface area contributed by atoms with Crippen LogP contribution in [-0.4, -0.2) is 53.1 Å². The summed E-state index contributed by atoms with van der Waals surface area (Å²) in [4.78, 5) is 11.6. The molecule has 1 aliphatic rings. The van der Waals surface area contributed by atoms with Crippen LogP contribution in [0.1, 0.15) is 24.0 Å². The maximum absolute atomic E-state index is 5.99. The van der Waals surface area contributed by atoms with E-state index in [0.29, 0.717) is 35.8 Å². The number of benzene rings is 2. The predicted octanol–water partition coefficient (Wildman–Crippen LogP) is 4.67. The van der Waals surface area contributed by atoms with Crippen molar-refractivity contribution < 1.29 is 18.9 Å². The standard InChI is InChI=1S/C26H28BrN5O4/c1-33-20-9-5-18(6-10-20)14-31(15-19-7-11-21(34-2)12-8-19)24-25-28-23(27)16-32(25)30-26(29-24)36-17-22-4-3-13-35-22/h5-12,16,22H,3-4,13-15,17H2,1-2H3. The summed E-state index contributed by atoms with van der Waals surface area (Å²) >= 11 is 3.48. The average molecular weight is 554 g/mol. The van der Waals surface area contributed by atoms with Crippen LogP contribution in [0.4, 0.5) is 5.82 Å². The third-order valence-electron chi connectivity index (χ3n) is 6.04. The fraction of sp³-hybridized carbons (Fsp3) is 0.346. The molecule has 0 saturated carbocycles. The van der Waals surface area contributed by atoms with E-state index >= 15 is 0 Å². The van der Waals surface area contributed by atoms with Crippen LogP contribution in [-0.2, 0) is 17.8 Å². The predicted molar refractivity (Wildman–Crippen MR) is 139 cm³/mol. The topological polar surface area (TPSA) is 83.2 Å². The summed E-state index contributed by atoms with van der Waals surface area (Å²) in [5.74, 6) is 2.29. The number of rotatable bonds is 10. The molecule has 1 atom stereocenters. The zero-order valence-electron chi connectivity index (χ0n) is 20.3. The Kier molecular flexibility index (Phi) is 7.52. The van der Waals surface area contributed by atoms with Crippen molar-refractivity contribution in [1.29, 1.82) is 0 Å². The van der Waals surface area contributed by atoms with Gasteiger partial charge in [0.25, 0.3) is 0 Å². The fourth-order valence-electron chi connectivity index (χ4n) is 4.15. The Bertz CT molecular complexity index is 1240. The number of aromatic nitrogens is 4. The third-order valence-corrected chi connectivity index (χ3v) is 6.42. The second kappa shape index (κ2) is 11.1. The molecule has 1 aliphatic heterocycles. The van der Waals surface area contributed by atoms with Gasteiger partial charge in [-0.3, -0.25) is 0 Å². The molecule has 36 heavy (non-hydrogen) atoms. The third kappa shape index (κ3) is 5.71. The fourth-order valence-corrected chi connectivity index (χ4v) is 4.51. The van der Waals surface area contributed by atoms with Crippen molar-refractivity contribution in [2.24, 2.45) is 0 Å². The maximum Gasteiger partial charge on any atom is 0.336 e. The van der Waals surface area contributed by atoms with Gasteiger partial charge in [-0.1, -0.05) is 24.3 Å². The van der Waals surface area contributed by atoms with Crippen LogP contribution < -0.4 is 19.1 Å². The van der Waals surface area contributed by atoms with Gasteiger partial charge in [-0.2, -0.15) is 4.98 Å². The Morgan fingerprint density at radius 1 is 0.972 bits per heavy atom. The van der Waals surface area contributed by atoms with Gasteiger partial charge in [-0.15, -0.1) is 5.10 Å². The highest BCUT2D eigenvalue weighted by atomic mass is 79.9. The number of methoxy groups -OCH3 is 2. The van der Waals surface area contributed by atoms with Crippen LogP contribution in [0.15, 0.2) is 59.3 Å². The second-order valence-electron chi connectivity index (χ2n) is 8.55. The van der Waals surface area contributed by atoms with E-state index in [1.54, 1.807) is 24.9 Å². The molecule has 4 aromatic rings. The second-order valence-corrected chi connectivity index (χ2v) is 9.36. The summed E-state index contributed by atoms with van der Waals surface area (Å²) < 4.78 is 24.7. The number of ether oxygens (including phenoxy) is 4. The van der Waals surface area contributed by atoms with Gasteiger partial charge in [0, 0.05) is 19.7 Å². The molecule has 2 aromatic carbocycles. The molecule has 0 amide bonds. The number of hydrogen-bond acceptors (Lipinski definition) is 8. The maximum atomic E-state index is 5.99. The summed E-state index contributed by atoms with van der Waals surface area (Å²) in [6.45, 7) is 2.37. The minimum absolute atomic E-state index is 0.0666. The Labute approximate surface area is 218 Å². The molecule has 188 valence electrons. The first-order chi connectivity index (χ1) is 17.6. The van der Waals surface area contributed by atoms with Crippen molar-refractivity contribution in [3.63, 3.8) is 0 Å². The van der Waals surface area contributed by atoms with E-state index in [9.17, 15) is 0 Å². The first-order valence-corrected chi connectivity index (χ1v) is 12.6. The van der Waals surface area contributed by atoms with E-state index in [1.165, 1.54) is 0 Å². The number of nitrogens with zero attached hydrogens (tertiary/aromatic N) is 5. The molecule has 2 aromatic heterocycles. The van der Waals surface area contributed by atoms with Gasteiger partial charge >= 0.3 is 6.01 Å². The van der Waals surface area contributed by atoms with Gasteiger partial charge in [0.05, 0.1) is 26.5 Å². The first kappa shape index (κ1) is 24.3. The number of hydrogen-bond donors (Lipinski definition) is 0. The number of anilines is 1. The summed E-state index contributed by atoms with van der Waals surface area (Å²) in [6, 6.07) is 16.3. The van der Waals surface area contributed by atoms with Gasteiger partial charge < -0.3 is 23.8 Å². The molecule has 1 saturated heterocycles. The van der Waals surface area contributed by atoms with Crippen LogP contribution in [0.3, 0.4) is 0 Å². The van der Waals surface area contributed by atoms with Crippen LogP contribution in [0, 0.1) is 0 Å². The summed E-state index contributed by atoms with van der Waals surface area (Å²) in [5.41, 5.74) is 2.84. The molecule has 0 aliphatic carbocycles. The summed E-state index contributed by atoms with van der Waals surface area (Å²) in [6.07, 6.45) is 3.90. The molecule has 1 fully saturated rings.